The van der Waals surface area contributed by atoms with Crippen molar-refractivity contribution in [2.24, 2.45) is 0 Å². The van der Waals surface area contributed by atoms with Gasteiger partial charge >= 0.3 is 0 Å². The quantitative estimate of drug-likeness (QED) is 0.230. The van der Waals surface area contributed by atoms with E-state index >= 15 is 0 Å². The lowest BCUT2D eigenvalue weighted by atomic mass is 10.1. The summed E-state index contributed by atoms with van der Waals surface area (Å²) in [6, 6.07) is 17.9. The molecule has 1 aliphatic rings. The van der Waals surface area contributed by atoms with E-state index in [0.717, 1.165) is 6.54 Å². The molecule has 0 unspecified atom stereocenters. The van der Waals surface area contributed by atoms with E-state index in [1.807, 2.05) is 11.3 Å². The van der Waals surface area contributed by atoms with Gasteiger partial charge in [-0.2, -0.15) is 4.57 Å². The topological polar surface area (TPSA) is 7.12 Å². The van der Waals surface area contributed by atoms with Gasteiger partial charge in [-0.1, -0.05) is 61.8 Å². The summed E-state index contributed by atoms with van der Waals surface area (Å²) in [5.41, 5.74) is 4.01. The van der Waals surface area contributed by atoms with Crippen LogP contribution in [0, 0.1) is 0 Å². The highest BCUT2D eigenvalue weighted by Gasteiger charge is 2.17. The maximum atomic E-state index is 2.51. The van der Waals surface area contributed by atoms with Crippen LogP contribution in [0.5, 0.6) is 0 Å². The van der Waals surface area contributed by atoms with Gasteiger partial charge in [-0.25, -0.2) is 0 Å². The Morgan fingerprint density at radius 3 is 2.40 bits per heavy atom. The first kappa shape index (κ1) is 23.3. The smallest absolute Gasteiger partial charge is 0.262 e. The Kier molecular flexibility index (Phi) is 9.19. The number of aryl methyl sites for hydroxylation is 1. The summed E-state index contributed by atoms with van der Waals surface area (Å²) in [4.78, 5) is 2.49. The minimum atomic E-state index is 0. The molecule has 1 aliphatic heterocycles. The van der Waals surface area contributed by atoms with E-state index in [4.69, 9.17) is 0 Å². The normalized spacial score (nSPS) is 14.0. The van der Waals surface area contributed by atoms with Gasteiger partial charge in [0.1, 0.15) is 4.70 Å². The minimum Gasteiger partial charge on any atom is -1.00 e. The number of halogens is 1. The van der Waals surface area contributed by atoms with Gasteiger partial charge in [0.05, 0.1) is 0 Å². The standard InChI is InChI=1S/C26H33N2S.HI/c1-2-3-4-5-8-21-28-24-11-6-7-12-25(24)29-26(28)18-15-22-13-16-23(17-14-22)27-19-9-10-20-27;/h6-7,11-18H,2-5,8-10,19-21H2,1H3;1H/q+1;/p-1. The average molecular weight is 533 g/mol. The third-order valence-electron chi connectivity index (χ3n) is 5.90. The van der Waals surface area contributed by atoms with Crippen molar-refractivity contribution in [3.8, 4) is 0 Å². The number of rotatable bonds is 9. The van der Waals surface area contributed by atoms with E-state index in [1.54, 1.807) is 0 Å². The summed E-state index contributed by atoms with van der Waals surface area (Å²) < 4.78 is 3.89. The van der Waals surface area contributed by atoms with Crippen molar-refractivity contribution in [2.75, 3.05) is 18.0 Å². The molecular formula is C26H33IN2S. The highest BCUT2D eigenvalue weighted by molar-refractivity contribution is 7.18. The lowest BCUT2D eigenvalue weighted by molar-refractivity contribution is -0.669. The van der Waals surface area contributed by atoms with Crippen molar-refractivity contribution in [3.63, 3.8) is 0 Å². The zero-order chi connectivity index (χ0) is 19.9. The lowest BCUT2D eigenvalue weighted by Gasteiger charge is -2.17. The van der Waals surface area contributed by atoms with E-state index in [1.165, 1.54) is 84.5 Å². The van der Waals surface area contributed by atoms with E-state index in [0.29, 0.717) is 0 Å². The number of unbranched alkanes of at least 4 members (excludes halogenated alkanes) is 4. The van der Waals surface area contributed by atoms with Gasteiger partial charge < -0.3 is 28.9 Å². The molecule has 2 nitrogen and oxygen atoms in total. The van der Waals surface area contributed by atoms with Crippen LogP contribution in [0.3, 0.4) is 0 Å². The van der Waals surface area contributed by atoms with Crippen LogP contribution in [-0.4, -0.2) is 13.1 Å². The Labute approximate surface area is 202 Å². The number of hydrogen-bond acceptors (Lipinski definition) is 2. The molecule has 2 heterocycles. The van der Waals surface area contributed by atoms with Crippen LogP contribution in [0.1, 0.15) is 62.4 Å². The predicted molar refractivity (Wildman–Crippen MR) is 128 cm³/mol. The summed E-state index contributed by atoms with van der Waals surface area (Å²) in [5.74, 6) is 0. The van der Waals surface area contributed by atoms with Gasteiger partial charge in [-0.3, -0.25) is 0 Å². The lowest BCUT2D eigenvalue weighted by Crippen LogP contribution is -3.00. The summed E-state index contributed by atoms with van der Waals surface area (Å²) in [5, 5.41) is 1.35. The fourth-order valence-corrected chi connectivity index (χ4v) is 5.31. The van der Waals surface area contributed by atoms with Crippen molar-refractivity contribution in [1.82, 2.24) is 0 Å². The number of benzene rings is 2. The van der Waals surface area contributed by atoms with E-state index in [-0.39, 0.29) is 24.0 Å². The summed E-state index contributed by atoms with van der Waals surface area (Å²) in [6.45, 7) is 5.80. The maximum absolute atomic E-state index is 2.51. The van der Waals surface area contributed by atoms with Gasteiger partial charge in [0.25, 0.3) is 5.01 Å². The zero-order valence-electron chi connectivity index (χ0n) is 18.0. The molecule has 0 saturated carbocycles. The number of aromatic nitrogens is 1. The average Bonchev–Trinajstić information content (AvgIpc) is 3.41. The van der Waals surface area contributed by atoms with Crippen molar-refractivity contribution in [1.29, 1.82) is 0 Å². The van der Waals surface area contributed by atoms with Gasteiger partial charge in [0, 0.05) is 37.3 Å². The summed E-state index contributed by atoms with van der Waals surface area (Å²) >= 11 is 1.90. The molecule has 3 aromatic rings. The second-order valence-corrected chi connectivity index (χ2v) is 9.16. The third-order valence-corrected chi connectivity index (χ3v) is 7.04. The monoisotopic (exact) mass is 532 g/mol. The van der Waals surface area contributed by atoms with Crippen LogP contribution >= 0.6 is 11.3 Å². The SMILES string of the molecule is CCCCCCC[n+]1c(/C=C/c2ccc(N3CCCC3)cc2)sc2ccccc21.[I-]. The molecule has 0 amide bonds. The minimum absolute atomic E-state index is 0. The molecule has 160 valence electrons. The number of para-hydroxylation sites is 1. The highest BCUT2D eigenvalue weighted by Crippen LogP contribution is 2.24. The Balaban J connectivity index is 0.00000256. The van der Waals surface area contributed by atoms with Crippen molar-refractivity contribution < 1.29 is 28.5 Å². The van der Waals surface area contributed by atoms with Crippen LogP contribution < -0.4 is 33.4 Å². The van der Waals surface area contributed by atoms with Crippen LogP contribution in [0.25, 0.3) is 22.4 Å². The predicted octanol–water partition coefficient (Wildman–Crippen LogP) is 3.93. The Bertz CT molecular complexity index is 939. The second-order valence-electron chi connectivity index (χ2n) is 8.09. The second kappa shape index (κ2) is 11.8. The summed E-state index contributed by atoms with van der Waals surface area (Å²) in [7, 11) is 0. The van der Waals surface area contributed by atoms with Crippen LogP contribution in [0.4, 0.5) is 5.69 Å². The Morgan fingerprint density at radius 2 is 1.63 bits per heavy atom. The van der Waals surface area contributed by atoms with Gasteiger partial charge in [-0.15, -0.1) is 0 Å². The number of thiazole rings is 1. The van der Waals surface area contributed by atoms with Crippen LogP contribution in [-0.2, 0) is 6.54 Å². The van der Waals surface area contributed by atoms with Crippen LogP contribution in [0.15, 0.2) is 48.5 Å². The Hall–Kier alpha value is -1.40. The molecule has 0 radical (unpaired) electrons. The largest absolute Gasteiger partial charge is 1.00 e. The van der Waals surface area contributed by atoms with Gasteiger partial charge in [0.2, 0.25) is 5.52 Å². The Morgan fingerprint density at radius 1 is 0.900 bits per heavy atom. The molecule has 1 aromatic heterocycles. The number of fused-ring (bicyclic) bond motifs is 1. The molecule has 0 bridgehead atoms. The zero-order valence-corrected chi connectivity index (χ0v) is 21.0. The molecule has 0 aliphatic carbocycles. The maximum Gasteiger partial charge on any atom is 0.262 e. The first-order valence-electron chi connectivity index (χ1n) is 11.3. The molecule has 0 spiro atoms. The third kappa shape index (κ3) is 5.85. The number of nitrogens with zero attached hydrogens (tertiary/aromatic N) is 2. The molecule has 30 heavy (non-hydrogen) atoms. The molecule has 1 fully saturated rings. The fraction of sp³-hybridized carbons (Fsp3) is 0.423. The molecule has 0 atom stereocenters. The van der Waals surface area contributed by atoms with E-state index in [9.17, 15) is 0 Å². The van der Waals surface area contributed by atoms with Crippen molar-refractivity contribution in [2.45, 2.75) is 58.4 Å². The molecular weight excluding hydrogens is 499 g/mol. The molecule has 0 N–H and O–H groups in total. The molecule has 4 rings (SSSR count). The van der Waals surface area contributed by atoms with Crippen molar-refractivity contribution in [3.05, 3.63) is 59.1 Å². The van der Waals surface area contributed by atoms with Gasteiger partial charge in [0.15, 0.2) is 6.54 Å². The fourth-order valence-electron chi connectivity index (χ4n) is 4.22. The van der Waals surface area contributed by atoms with E-state index in [2.05, 4.69) is 77.1 Å². The first-order chi connectivity index (χ1) is 14.3. The van der Waals surface area contributed by atoms with E-state index < -0.39 is 0 Å². The number of anilines is 1. The van der Waals surface area contributed by atoms with Crippen LogP contribution in [0.2, 0.25) is 0 Å². The van der Waals surface area contributed by atoms with Gasteiger partial charge in [-0.05, 0) is 49.1 Å². The molecule has 2 aromatic carbocycles. The number of hydrogen-bond donors (Lipinski definition) is 0. The summed E-state index contributed by atoms with van der Waals surface area (Å²) in [6.07, 6.45) is 13.8. The molecule has 1 saturated heterocycles. The first-order valence-corrected chi connectivity index (χ1v) is 12.1. The molecule has 4 heteroatoms. The van der Waals surface area contributed by atoms with Crippen molar-refractivity contribution >= 4 is 39.4 Å². The highest BCUT2D eigenvalue weighted by atomic mass is 127.